The van der Waals surface area contributed by atoms with Gasteiger partial charge in [-0.05, 0) is 37.5 Å². The monoisotopic (exact) mass is 166 g/mol. The molecule has 1 unspecified atom stereocenters. The largest absolute Gasteiger partial charge is 0.0853 e. The molecule has 0 spiro atoms. The first kappa shape index (κ1) is 9.83. The van der Waals surface area contributed by atoms with Gasteiger partial charge in [-0.15, -0.1) is 0 Å². The fourth-order valence-corrected chi connectivity index (χ4v) is 1.96. The Morgan fingerprint density at radius 1 is 1.50 bits per heavy atom. The number of hydrogen-bond acceptors (Lipinski definition) is 0. The predicted octanol–water partition coefficient (Wildman–Crippen LogP) is 4.17. The van der Waals surface area contributed by atoms with Crippen molar-refractivity contribution < 1.29 is 0 Å². The quantitative estimate of drug-likeness (QED) is 0.540. The molecule has 12 heavy (non-hydrogen) atoms. The minimum Gasteiger partial charge on any atom is -0.0853 e. The van der Waals surface area contributed by atoms with Crippen LogP contribution in [0.4, 0.5) is 0 Å². The van der Waals surface area contributed by atoms with Gasteiger partial charge in [0.05, 0.1) is 0 Å². The zero-order chi connectivity index (χ0) is 9.19. The van der Waals surface area contributed by atoms with Crippen LogP contribution in [0.2, 0.25) is 0 Å². The van der Waals surface area contributed by atoms with Gasteiger partial charge in [-0.3, -0.25) is 0 Å². The molecule has 0 fully saturated rings. The van der Waals surface area contributed by atoms with E-state index in [1.165, 1.54) is 25.7 Å². The molecule has 1 aliphatic carbocycles. The Balaban J connectivity index is 2.56. The Hall–Kier alpha value is -0.260. The highest BCUT2D eigenvalue weighted by atomic mass is 14.3. The molecule has 0 aliphatic heterocycles. The fraction of sp³-hybridized carbons (Fsp3) is 0.833. The minimum atomic E-state index is 0.553. The SMILES string of the molecule is CCC(C)(C)C1CC=C(C)CC1. The average Bonchev–Trinajstić information content (AvgIpc) is 2.05. The Morgan fingerprint density at radius 3 is 2.58 bits per heavy atom. The van der Waals surface area contributed by atoms with E-state index in [4.69, 9.17) is 0 Å². The van der Waals surface area contributed by atoms with Gasteiger partial charge in [-0.2, -0.15) is 0 Å². The molecule has 1 atom stereocenters. The van der Waals surface area contributed by atoms with Crippen LogP contribution in [0.1, 0.15) is 53.4 Å². The van der Waals surface area contributed by atoms with E-state index in [1.54, 1.807) is 5.57 Å². The summed E-state index contributed by atoms with van der Waals surface area (Å²) in [6.07, 6.45) is 7.79. The maximum atomic E-state index is 2.44. The molecule has 70 valence electrons. The molecule has 0 radical (unpaired) electrons. The molecule has 0 aromatic heterocycles. The summed E-state index contributed by atoms with van der Waals surface area (Å²) in [5, 5.41) is 0. The average molecular weight is 166 g/mol. The van der Waals surface area contributed by atoms with E-state index < -0.39 is 0 Å². The van der Waals surface area contributed by atoms with Crippen LogP contribution in [0.15, 0.2) is 11.6 Å². The summed E-state index contributed by atoms with van der Waals surface area (Å²) in [5.74, 6) is 0.922. The summed E-state index contributed by atoms with van der Waals surface area (Å²) < 4.78 is 0. The van der Waals surface area contributed by atoms with Gasteiger partial charge in [0, 0.05) is 0 Å². The topological polar surface area (TPSA) is 0 Å². The van der Waals surface area contributed by atoms with Crippen molar-refractivity contribution in [2.24, 2.45) is 11.3 Å². The van der Waals surface area contributed by atoms with E-state index in [2.05, 4.69) is 33.8 Å². The van der Waals surface area contributed by atoms with Crippen molar-refractivity contribution in [2.45, 2.75) is 53.4 Å². The lowest BCUT2D eigenvalue weighted by Crippen LogP contribution is -2.24. The second-order valence-corrected chi connectivity index (χ2v) is 4.86. The normalized spacial score (nSPS) is 25.3. The molecule has 0 heterocycles. The molecular formula is C12H22. The standard InChI is InChI=1S/C12H22/c1-5-12(3,4)11-8-6-10(2)7-9-11/h6,11H,5,7-9H2,1-4H3. The summed E-state index contributed by atoms with van der Waals surface area (Å²) in [6, 6.07) is 0. The zero-order valence-corrected chi connectivity index (χ0v) is 8.98. The number of rotatable bonds is 2. The van der Waals surface area contributed by atoms with Crippen LogP contribution < -0.4 is 0 Å². The molecule has 0 heteroatoms. The zero-order valence-electron chi connectivity index (χ0n) is 8.98. The third kappa shape index (κ3) is 2.12. The Labute approximate surface area is 77.1 Å². The van der Waals surface area contributed by atoms with Gasteiger partial charge in [0.25, 0.3) is 0 Å². The van der Waals surface area contributed by atoms with Gasteiger partial charge >= 0.3 is 0 Å². The molecule has 0 saturated heterocycles. The molecule has 1 aliphatic rings. The maximum Gasteiger partial charge on any atom is -0.0314 e. The first-order chi connectivity index (χ1) is 5.56. The molecule has 0 amide bonds. The van der Waals surface area contributed by atoms with Crippen molar-refractivity contribution in [3.05, 3.63) is 11.6 Å². The van der Waals surface area contributed by atoms with E-state index in [9.17, 15) is 0 Å². The molecule has 0 saturated carbocycles. The Bertz CT molecular complexity index is 174. The van der Waals surface area contributed by atoms with Gasteiger partial charge in [0.1, 0.15) is 0 Å². The lowest BCUT2D eigenvalue weighted by atomic mass is 9.70. The van der Waals surface area contributed by atoms with Crippen LogP contribution in [-0.2, 0) is 0 Å². The van der Waals surface area contributed by atoms with E-state index in [1.807, 2.05) is 0 Å². The number of hydrogen-bond donors (Lipinski definition) is 0. The summed E-state index contributed by atoms with van der Waals surface area (Å²) in [7, 11) is 0. The summed E-state index contributed by atoms with van der Waals surface area (Å²) in [4.78, 5) is 0. The van der Waals surface area contributed by atoms with Crippen molar-refractivity contribution in [1.82, 2.24) is 0 Å². The molecular weight excluding hydrogens is 144 g/mol. The van der Waals surface area contributed by atoms with Crippen molar-refractivity contribution in [2.75, 3.05) is 0 Å². The van der Waals surface area contributed by atoms with Gasteiger partial charge in [0.15, 0.2) is 0 Å². The van der Waals surface area contributed by atoms with Crippen molar-refractivity contribution in [3.8, 4) is 0 Å². The summed E-state index contributed by atoms with van der Waals surface area (Å²) in [5.41, 5.74) is 2.15. The van der Waals surface area contributed by atoms with Gasteiger partial charge in [-0.25, -0.2) is 0 Å². The van der Waals surface area contributed by atoms with Crippen LogP contribution in [0.3, 0.4) is 0 Å². The fourth-order valence-electron chi connectivity index (χ4n) is 1.96. The Kier molecular flexibility index (Phi) is 2.98. The molecule has 0 N–H and O–H groups in total. The van der Waals surface area contributed by atoms with E-state index in [-0.39, 0.29) is 0 Å². The van der Waals surface area contributed by atoms with Gasteiger partial charge in [0.2, 0.25) is 0 Å². The number of allylic oxidation sites excluding steroid dienone is 2. The summed E-state index contributed by atoms with van der Waals surface area (Å²) in [6.45, 7) is 9.39. The van der Waals surface area contributed by atoms with Gasteiger partial charge < -0.3 is 0 Å². The summed E-state index contributed by atoms with van der Waals surface area (Å²) >= 11 is 0. The van der Waals surface area contributed by atoms with Crippen LogP contribution in [0, 0.1) is 11.3 Å². The van der Waals surface area contributed by atoms with Crippen molar-refractivity contribution >= 4 is 0 Å². The first-order valence-corrected chi connectivity index (χ1v) is 5.22. The first-order valence-electron chi connectivity index (χ1n) is 5.22. The van der Waals surface area contributed by atoms with Gasteiger partial charge in [-0.1, -0.05) is 38.8 Å². The van der Waals surface area contributed by atoms with E-state index in [0.717, 1.165) is 5.92 Å². The minimum absolute atomic E-state index is 0.553. The highest BCUT2D eigenvalue weighted by Gasteiger charge is 2.27. The molecule has 0 aromatic rings. The maximum absolute atomic E-state index is 2.44. The second kappa shape index (κ2) is 3.64. The van der Waals surface area contributed by atoms with E-state index >= 15 is 0 Å². The second-order valence-electron chi connectivity index (χ2n) is 4.86. The lowest BCUT2D eigenvalue weighted by Gasteiger charge is -2.35. The lowest BCUT2D eigenvalue weighted by molar-refractivity contribution is 0.187. The van der Waals surface area contributed by atoms with Crippen LogP contribution in [0.5, 0.6) is 0 Å². The molecule has 1 rings (SSSR count). The highest BCUT2D eigenvalue weighted by Crippen LogP contribution is 2.39. The molecule has 0 aromatic carbocycles. The van der Waals surface area contributed by atoms with Crippen LogP contribution >= 0.6 is 0 Å². The van der Waals surface area contributed by atoms with E-state index in [0.29, 0.717) is 5.41 Å². The smallest absolute Gasteiger partial charge is 0.0314 e. The predicted molar refractivity (Wildman–Crippen MR) is 55.2 cm³/mol. The highest BCUT2D eigenvalue weighted by molar-refractivity contribution is 5.04. The van der Waals surface area contributed by atoms with Crippen molar-refractivity contribution in [3.63, 3.8) is 0 Å². The third-order valence-corrected chi connectivity index (χ3v) is 3.65. The van der Waals surface area contributed by atoms with Crippen LogP contribution in [0.25, 0.3) is 0 Å². The molecule has 0 bridgehead atoms. The third-order valence-electron chi connectivity index (χ3n) is 3.65. The molecule has 0 nitrogen and oxygen atoms in total. The Morgan fingerprint density at radius 2 is 2.17 bits per heavy atom. The van der Waals surface area contributed by atoms with Crippen molar-refractivity contribution in [1.29, 1.82) is 0 Å². The van der Waals surface area contributed by atoms with Crippen LogP contribution in [-0.4, -0.2) is 0 Å².